The number of carbonyl (C=O) groups excluding carboxylic acids is 1. The molecule has 1 unspecified atom stereocenters. The van der Waals surface area contributed by atoms with Crippen molar-refractivity contribution in [3.8, 4) is 11.8 Å². The van der Waals surface area contributed by atoms with Crippen LogP contribution in [0.1, 0.15) is 36.9 Å². The molecule has 1 aliphatic carbocycles. The molecule has 13 heteroatoms. The predicted molar refractivity (Wildman–Crippen MR) is 137 cm³/mol. The number of ether oxygens (including phenoxy) is 2. The summed E-state index contributed by atoms with van der Waals surface area (Å²) in [5, 5.41) is 9.07. The number of rotatable bonds is 7. The lowest BCUT2D eigenvalue weighted by molar-refractivity contribution is -0.138. The molecule has 0 radical (unpaired) electrons. The number of amides is 1. The van der Waals surface area contributed by atoms with Crippen LogP contribution in [-0.4, -0.2) is 66.3 Å². The number of halogens is 4. The molecule has 1 spiro atoms. The molecule has 2 saturated heterocycles. The van der Waals surface area contributed by atoms with Gasteiger partial charge in [-0.2, -0.15) is 18.4 Å². The quantitative estimate of drug-likeness (QED) is 0.306. The number of pyridine rings is 1. The van der Waals surface area contributed by atoms with Crippen LogP contribution in [0.15, 0.2) is 30.5 Å². The highest BCUT2D eigenvalue weighted by Crippen LogP contribution is 2.50. The summed E-state index contributed by atoms with van der Waals surface area (Å²) < 4.78 is 66.8. The monoisotopic (exact) mass is 565 g/mol. The van der Waals surface area contributed by atoms with Gasteiger partial charge in [0.25, 0.3) is 5.91 Å². The normalized spacial score (nSPS) is 21.2. The zero-order chi connectivity index (χ0) is 27.8. The lowest BCUT2D eigenvalue weighted by Crippen LogP contribution is -2.55. The third-order valence-corrected chi connectivity index (χ3v) is 7.92. The summed E-state index contributed by atoms with van der Waals surface area (Å²) in [7, 11) is 0. The van der Waals surface area contributed by atoms with Gasteiger partial charge >= 0.3 is 6.18 Å². The predicted octanol–water partition coefficient (Wildman–Crippen LogP) is 4.20. The number of nitriles is 1. The molecule has 3 heterocycles. The molecule has 1 amide bonds. The van der Waals surface area contributed by atoms with Crippen LogP contribution in [0, 0.1) is 17.1 Å². The highest BCUT2D eigenvalue weighted by Gasteiger charge is 2.60. The Morgan fingerprint density at radius 2 is 1.95 bits per heavy atom. The zero-order valence-corrected chi connectivity index (χ0v) is 21.8. The van der Waals surface area contributed by atoms with E-state index in [2.05, 4.69) is 22.5 Å². The van der Waals surface area contributed by atoms with Gasteiger partial charge in [0.05, 0.1) is 37.3 Å². The third-order valence-electron chi connectivity index (χ3n) is 7.46. The molecule has 1 aromatic heterocycles. The second kappa shape index (κ2) is 10.8. The second-order valence-electron chi connectivity index (χ2n) is 9.75. The van der Waals surface area contributed by atoms with Gasteiger partial charge in [0.15, 0.2) is 22.8 Å². The van der Waals surface area contributed by atoms with E-state index >= 15 is 4.39 Å². The first-order valence-corrected chi connectivity index (χ1v) is 13.2. The maximum Gasteiger partial charge on any atom is 0.419 e. The molecule has 39 heavy (non-hydrogen) atoms. The zero-order valence-electron chi connectivity index (χ0n) is 21.0. The lowest BCUT2D eigenvalue weighted by atomic mass is 9.75. The number of morpholine rings is 1. The maximum atomic E-state index is 15.1. The molecule has 208 valence electrons. The van der Waals surface area contributed by atoms with Crippen LogP contribution in [0.5, 0.6) is 5.75 Å². The number of anilines is 2. The van der Waals surface area contributed by atoms with Gasteiger partial charge in [0.1, 0.15) is 11.6 Å². The van der Waals surface area contributed by atoms with E-state index in [0.717, 1.165) is 49.6 Å². The van der Waals surface area contributed by atoms with Gasteiger partial charge in [0, 0.05) is 31.4 Å². The van der Waals surface area contributed by atoms with E-state index in [9.17, 15) is 18.0 Å². The molecule has 5 rings (SSSR count). The number of nitrogens with zero attached hydrogens (tertiary/aromatic N) is 5. The number of benzene rings is 1. The van der Waals surface area contributed by atoms with Crippen molar-refractivity contribution < 1.29 is 31.8 Å². The summed E-state index contributed by atoms with van der Waals surface area (Å²) in [5.74, 6) is -0.982. The van der Waals surface area contributed by atoms with Gasteiger partial charge in [-0.3, -0.25) is 14.6 Å². The van der Waals surface area contributed by atoms with Gasteiger partial charge in [0.2, 0.25) is 0 Å². The fourth-order valence-electron chi connectivity index (χ4n) is 5.31. The Labute approximate surface area is 228 Å². The van der Waals surface area contributed by atoms with Crippen molar-refractivity contribution in [2.45, 2.75) is 42.9 Å². The number of aromatic nitrogens is 1. The summed E-state index contributed by atoms with van der Waals surface area (Å²) in [4.78, 5) is 22.3. The maximum absolute atomic E-state index is 15.1. The molecular weight excluding hydrogens is 538 g/mol. The molecule has 3 fully saturated rings. The second-order valence-corrected chi connectivity index (χ2v) is 10.2. The van der Waals surface area contributed by atoms with Crippen LogP contribution in [0.4, 0.5) is 28.9 Å². The summed E-state index contributed by atoms with van der Waals surface area (Å²) in [6.45, 7) is 4.27. The van der Waals surface area contributed by atoms with Crippen LogP contribution in [-0.2, 0) is 15.7 Å². The van der Waals surface area contributed by atoms with Crippen molar-refractivity contribution in [3.63, 3.8) is 0 Å². The summed E-state index contributed by atoms with van der Waals surface area (Å²) in [6, 6.07) is 6.54. The molecule has 0 bridgehead atoms. The summed E-state index contributed by atoms with van der Waals surface area (Å²) >= 11 is 4.59. The van der Waals surface area contributed by atoms with Crippen LogP contribution in [0.25, 0.3) is 0 Å². The molecule has 2 aliphatic heterocycles. The van der Waals surface area contributed by atoms with E-state index < -0.39 is 40.2 Å². The number of carbonyl (C=O) groups is 1. The summed E-state index contributed by atoms with van der Waals surface area (Å²) in [6.07, 6.45) is -1.45. The topological polar surface area (TPSA) is 81.9 Å². The van der Waals surface area contributed by atoms with E-state index in [4.69, 9.17) is 14.7 Å². The van der Waals surface area contributed by atoms with Crippen molar-refractivity contribution in [3.05, 3.63) is 47.5 Å². The minimum atomic E-state index is -4.84. The minimum Gasteiger partial charge on any atom is -0.490 e. The third kappa shape index (κ3) is 5.13. The van der Waals surface area contributed by atoms with Crippen molar-refractivity contribution in [2.24, 2.45) is 0 Å². The van der Waals surface area contributed by atoms with Gasteiger partial charge in [-0.1, -0.05) is 0 Å². The molecule has 1 saturated carbocycles. The van der Waals surface area contributed by atoms with Crippen molar-refractivity contribution in [1.29, 1.82) is 5.26 Å². The van der Waals surface area contributed by atoms with E-state index in [-0.39, 0.29) is 11.4 Å². The smallest absolute Gasteiger partial charge is 0.419 e. The lowest BCUT2D eigenvalue weighted by Gasteiger charge is -2.44. The fourth-order valence-corrected chi connectivity index (χ4v) is 5.90. The van der Waals surface area contributed by atoms with Crippen molar-refractivity contribution in [2.75, 3.05) is 49.3 Å². The van der Waals surface area contributed by atoms with Gasteiger partial charge in [-0.05, 0) is 43.9 Å². The minimum absolute atomic E-state index is 0.0765. The molecular formula is C26H27F4N5O3S. The van der Waals surface area contributed by atoms with Crippen molar-refractivity contribution in [1.82, 2.24) is 9.88 Å². The standard InChI is InChI=1S/C26H27F4N5O3S/c27-20-14-17(3-4-22(20)38-10-2-7-33-8-11-37-12-9-33)35-24(39)34(23(36)25(35)5-1-6-25)18-13-19(26(28,29)30)21(15-31)32-16-18/h3-4,13-14,16,24,39H,1-2,5-12H2. The molecule has 0 N–H and O–H groups in total. The largest absolute Gasteiger partial charge is 0.490 e. The average molecular weight is 566 g/mol. The highest BCUT2D eigenvalue weighted by atomic mass is 32.1. The summed E-state index contributed by atoms with van der Waals surface area (Å²) in [5.41, 5.74) is -3.88. The molecule has 3 aliphatic rings. The van der Waals surface area contributed by atoms with Crippen LogP contribution in [0.3, 0.4) is 0 Å². The van der Waals surface area contributed by atoms with E-state index in [1.54, 1.807) is 11.0 Å². The Balaban J connectivity index is 1.35. The van der Waals surface area contributed by atoms with E-state index in [1.807, 2.05) is 0 Å². The number of hydrogen-bond acceptors (Lipinski definition) is 8. The highest BCUT2D eigenvalue weighted by molar-refractivity contribution is 7.81. The number of thiol groups is 1. The Morgan fingerprint density at radius 3 is 2.56 bits per heavy atom. The Bertz CT molecular complexity index is 1280. The van der Waals surface area contributed by atoms with Gasteiger partial charge < -0.3 is 14.4 Å². The first-order valence-electron chi connectivity index (χ1n) is 12.7. The van der Waals surface area contributed by atoms with Crippen molar-refractivity contribution >= 4 is 29.9 Å². The fraction of sp³-hybridized carbons (Fsp3) is 0.500. The van der Waals surface area contributed by atoms with E-state index in [1.165, 1.54) is 18.2 Å². The van der Waals surface area contributed by atoms with Gasteiger partial charge in [-0.25, -0.2) is 9.37 Å². The van der Waals surface area contributed by atoms with Crippen LogP contribution in [0.2, 0.25) is 0 Å². The first-order chi connectivity index (χ1) is 18.7. The molecule has 1 atom stereocenters. The van der Waals surface area contributed by atoms with Gasteiger partial charge in [-0.15, -0.1) is 12.6 Å². The number of alkyl halides is 3. The molecule has 1 aromatic carbocycles. The van der Waals surface area contributed by atoms with E-state index in [0.29, 0.717) is 38.3 Å². The Kier molecular flexibility index (Phi) is 7.63. The Hall–Kier alpha value is -3.08. The number of hydrogen-bond donors (Lipinski definition) is 1. The average Bonchev–Trinajstić information content (AvgIpc) is 3.13. The molecule has 2 aromatic rings. The van der Waals surface area contributed by atoms with Crippen LogP contribution >= 0.6 is 12.6 Å². The first kappa shape index (κ1) is 27.5. The molecule has 8 nitrogen and oxygen atoms in total. The Morgan fingerprint density at radius 1 is 1.21 bits per heavy atom. The van der Waals surface area contributed by atoms with Crippen LogP contribution < -0.4 is 14.5 Å². The SMILES string of the molecule is N#Cc1ncc(N2C(=O)C3(CCC3)N(c3ccc(OCCCN4CCOCC4)c(F)c3)C2S)cc1C(F)(F)F.